The zero-order valence-electron chi connectivity index (χ0n) is 9.18. The number of aryl methyl sites for hydroxylation is 2. The van der Waals surface area contributed by atoms with Crippen LogP contribution in [0, 0.1) is 0 Å². The van der Waals surface area contributed by atoms with Crippen LogP contribution in [0.3, 0.4) is 0 Å². The Morgan fingerprint density at radius 1 is 1.36 bits per heavy atom. The van der Waals surface area contributed by atoms with Crippen LogP contribution in [-0.2, 0) is 12.8 Å². The van der Waals surface area contributed by atoms with Gasteiger partial charge in [-0.15, -0.1) is 0 Å². The monoisotopic (exact) mass is 196 g/mol. The summed E-state index contributed by atoms with van der Waals surface area (Å²) in [6.07, 6.45) is 6.01. The SMILES string of the molecule is CCCc1cnc(CCCNCC)o1. The Hall–Kier alpha value is -0.830. The van der Waals surface area contributed by atoms with Gasteiger partial charge in [-0.1, -0.05) is 13.8 Å². The summed E-state index contributed by atoms with van der Waals surface area (Å²) in [5.41, 5.74) is 0. The Morgan fingerprint density at radius 2 is 2.21 bits per heavy atom. The lowest BCUT2D eigenvalue weighted by atomic mass is 10.3. The highest BCUT2D eigenvalue weighted by Gasteiger charge is 2.02. The molecule has 0 spiro atoms. The van der Waals surface area contributed by atoms with E-state index in [2.05, 4.69) is 24.1 Å². The van der Waals surface area contributed by atoms with Gasteiger partial charge in [-0.25, -0.2) is 4.98 Å². The molecule has 0 aliphatic carbocycles. The van der Waals surface area contributed by atoms with Crippen molar-refractivity contribution in [2.75, 3.05) is 13.1 Å². The highest BCUT2D eigenvalue weighted by molar-refractivity contribution is 4.94. The average molecular weight is 196 g/mol. The molecule has 1 aromatic heterocycles. The molecule has 0 aliphatic heterocycles. The third kappa shape index (κ3) is 3.92. The van der Waals surface area contributed by atoms with Crippen LogP contribution >= 0.6 is 0 Å². The summed E-state index contributed by atoms with van der Waals surface area (Å²) in [4.78, 5) is 4.24. The molecular weight excluding hydrogens is 176 g/mol. The summed E-state index contributed by atoms with van der Waals surface area (Å²) in [7, 11) is 0. The Morgan fingerprint density at radius 3 is 2.93 bits per heavy atom. The van der Waals surface area contributed by atoms with Crippen LogP contribution in [0.1, 0.15) is 38.3 Å². The maximum absolute atomic E-state index is 5.57. The molecule has 0 amide bonds. The molecule has 1 aromatic rings. The van der Waals surface area contributed by atoms with Crippen molar-refractivity contribution in [1.82, 2.24) is 10.3 Å². The van der Waals surface area contributed by atoms with Crippen molar-refractivity contribution >= 4 is 0 Å². The predicted octanol–water partition coefficient (Wildman–Crippen LogP) is 2.17. The Labute approximate surface area is 85.9 Å². The number of oxazole rings is 1. The van der Waals surface area contributed by atoms with Gasteiger partial charge >= 0.3 is 0 Å². The Kier molecular flexibility index (Phi) is 5.30. The Bertz CT molecular complexity index is 245. The van der Waals surface area contributed by atoms with Crippen LogP contribution in [0.2, 0.25) is 0 Å². The third-order valence-electron chi connectivity index (χ3n) is 2.09. The second kappa shape index (κ2) is 6.60. The van der Waals surface area contributed by atoms with Gasteiger partial charge in [0.2, 0.25) is 0 Å². The lowest BCUT2D eigenvalue weighted by Crippen LogP contribution is -2.14. The number of hydrogen-bond acceptors (Lipinski definition) is 3. The standard InChI is InChI=1S/C11H20N2O/c1-3-6-10-9-13-11(14-10)7-5-8-12-4-2/h9,12H,3-8H2,1-2H3. The van der Waals surface area contributed by atoms with E-state index in [1.807, 2.05) is 6.20 Å². The van der Waals surface area contributed by atoms with Gasteiger partial charge in [-0.3, -0.25) is 0 Å². The van der Waals surface area contributed by atoms with Crippen LogP contribution in [0.15, 0.2) is 10.6 Å². The van der Waals surface area contributed by atoms with E-state index < -0.39 is 0 Å². The van der Waals surface area contributed by atoms with Crippen LogP contribution < -0.4 is 5.32 Å². The Balaban J connectivity index is 2.22. The van der Waals surface area contributed by atoms with Gasteiger partial charge in [0.1, 0.15) is 5.76 Å². The first-order chi connectivity index (χ1) is 6.86. The second-order valence-electron chi connectivity index (χ2n) is 3.43. The van der Waals surface area contributed by atoms with Crippen molar-refractivity contribution in [3.05, 3.63) is 17.8 Å². The van der Waals surface area contributed by atoms with Crippen molar-refractivity contribution in [3.8, 4) is 0 Å². The molecular formula is C11H20N2O. The minimum Gasteiger partial charge on any atom is -0.446 e. The van der Waals surface area contributed by atoms with Gasteiger partial charge < -0.3 is 9.73 Å². The fourth-order valence-electron chi connectivity index (χ4n) is 1.37. The zero-order valence-corrected chi connectivity index (χ0v) is 9.18. The molecule has 3 heteroatoms. The van der Waals surface area contributed by atoms with E-state index >= 15 is 0 Å². The number of rotatable bonds is 7. The summed E-state index contributed by atoms with van der Waals surface area (Å²) in [5.74, 6) is 1.90. The smallest absolute Gasteiger partial charge is 0.194 e. The van der Waals surface area contributed by atoms with Gasteiger partial charge in [-0.05, 0) is 25.9 Å². The minimum absolute atomic E-state index is 0.881. The number of nitrogens with zero attached hydrogens (tertiary/aromatic N) is 1. The first kappa shape index (κ1) is 11.2. The molecule has 0 aromatic carbocycles. The van der Waals surface area contributed by atoms with Gasteiger partial charge in [0.05, 0.1) is 6.20 Å². The minimum atomic E-state index is 0.881. The molecule has 0 aliphatic rings. The van der Waals surface area contributed by atoms with Crippen LogP contribution in [0.4, 0.5) is 0 Å². The lowest BCUT2D eigenvalue weighted by molar-refractivity contribution is 0.445. The third-order valence-corrected chi connectivity index (χ3v) is 2.09. The second-order valence-corrected chi connectivity index (χ2v) is 3.43. The molecule has 0 radical (unpaired) electrons. The van der Waals surface area contributed by atoms with Crippen molar-refractivity contribution in [2.45, 2.75) is 39.5 Å². The van der Waals surface area contributed by atoms with E-state index in [0.717, 1.165) is 50.4 Å². The van der Waals surface area contributed by atoms with Crippen molar-refractivity contribution in [2.24, 2.45) is 0 Å². The molecule has 0 saturated carbocycles. The first-order valence-electron chi connectivity index (χ1n) is 5.51. The fourth-order valence-corrected chi connectivity index (χ4v) is 1.37. The molecule has 0 bridgehead atoms. The molecule has 0 atom stereocenters. The van der Waals surface area contributed by atoms with Gasteiger partial charge in [0, 0.05) is 12.8 Å². The number of nitrogens with one attached hydrogen (secondary N) is 1. The molecule has 1 heterocycles. The molecule has 80 valence electrons. The molecule has 3 nitrogen and oxygen atoms in total. The summed E-state index contributed by atoms with van der Waals surface area (Å²) < 4.78 is 5.57. The van der Waals surface area contributed by atoms with Crippen molar-refractivity contribution < 1.29 is 4.42 Å². The maximum atomic E-state index is 5.57. The molecule has 14 heavy (non-hydrogen) atoms. The van der Waals surface area contributed by atoms with Crippen molar-refractivity contribution in [1.29, 1.82) is 0 Å². The lowest BCUT2D eigenvalue weighted by Gasteiger charge is -1.98. The summed E-state index contributed by atoms with van der Waals surface area (Å²) in [6.45, 7) is 6.34. The van der Waals surface area contributed by atoms with Gasteiger partial charge in [0.25, 0.3) is 0 Å². The van der Waals surface area contributed by atoms with E-state index in [1.54, 1.807) is 0 Å². The number of aromatic nitrogens is 1. The van der Waals surface area contributed by atoms with E-state index in [1.165, 1.54) is 0 Å². The van der Waals surface area contributed by atoms with Crippen LogP contribution in [0.25, 0.3) is 0 Å². The zero-order chi connectivity index (χ0) is 10.2. The molecule has 0 unspecified atom stereocenters. The molecule has 1 rings (SSSR count). The molecule has 1 N–H and O–H groups in total. The van der Waals surface area contributed by atoms with E-state index in [4.69, 9.17) is 4.42 Å². The highest BCUT2D eigenvalue weighted by atomic mass is 16.4. The topological polar surface area (TPSA) is 38.1 Å². The summed E-state index contributed by atoms with van der Waals surface area (Å²) in [6, 6.07) is 0. The van der Waals surface area contributed by atoms with E-state index in [9.17, 15) is 0 Å². The maximum Gasteiger partial charge on any atom is 0.194 e. The van der Waals surface area contributed by atoms with Crippen molar-refractivity contribution in [3.63, 3.8) is 0 Å². The van der Waals surface area contributed by atoms with Gasteiger partial charge in [-0.2, -0.15) is 0 Å². The van der Waals surface area contributed by atoms with E-state index in [-0.39, 0.29) is 0 Å². The largest absolute Gasteiger partial charge is 0.446 e. The fraction of sp³-hybridized carbons (Fsp3) is 0.727. The highest BCUT2D eigenvalue weighted by Crippen LogP contribution is 2.07. The average Bonchev–Trinajstić information content (AvgIpc) is 2.61. The van der Waals surface area contributed by atoms with Gasteiger partial charge in [0.15, 0.2) is 5.89 Å². The molecule has 0 saturated heterocycles. The van der Waals surface area contributed by atoms with E-state index in [0.29, 0.717) is 0 Å². The quantitative estimate of drug-likeness (QED) is 0.679. The predicted molar refractivity (Wildman–Crippen MR) is 57.4 cm³/mol. The first-order valence-corrected chi connectivity index (χ1v) is 5.51. The number of hydrogen-bond donors (Lipinski definition) is 1. The van der Waals surface area contributed by atoms with Crippen LogP contribution in [0.5, 0.6) is 0 Å². The normalized spacial score (nSPS) is 10.7. The summed E-state index contributed by atoms with van der Waals surface area (Å²) >= 11 is 0. The van der Waals surface area contributed by atoms with Crippen LogP contribution in [-0.4, -0.2) is 18.1 Å². The summed E-state index contributed by atoms with van der Waals surface area (Å²) in [5, 5.41) is 3.28. The molecule has 0 fully saturated rings.